The monoisotopic (exact) mass is 330 g/mol. The molecule has 3 rings (SSSR count). The van der Waals surface area contributed by atoms with Crippen LogP contribution in [0.25, 0.3) is 10.2 Å². The zero-order valence-corrected chi connectivity index (χ0v) is 14.2. The number of carbonyl (C=O) groups is 1. The molecule has 1 aliphatic heterocycles. The number of aromatic nitrogens is 1. The molecule has 6 heteroatoms. The van der Waals surface area contributed by atoms with Crippen molar-refractivity contribution < 1.29 is 14.3 Å². The highest BCUT2D eigenvalue weighted by Crippen LogP contribution is 2.35. The van der Waals surface area contributed by atoms with E-state index in [4.69, 9.17) is 15.9 Å². The van der Waals surface area contributed by atoms with Crippen LogP contribution in [0.2, 0.25) is 0 Å². The van der Waals surface area contributed by atoms with Crippen molar-refractivity contribution in [1.29, 1.82) is 0 Å². The van der Waals surface area contributed by atoms with Crippen LogP contribution in [0.1, 0.15) is 20.8 Å². The molecule has 0 atom stereocenters. The Morgan fingerprint density at radius 1 is 1.35 bits per heavy atom. The lowest BCUT2D eigenvalue weighted by molar-refractivity contribution is -0.125. The van der Waals surface area contributed by atoms with Gasteiger partial charge in [-0.2, -0.15) is 4.99 Å². The summed E-state index contributed by atoms with van der Waals surface area (Å²) in [6.07, 6.45) is 5.49. The quantitative estimate of drug-likeness (QED) is 0.755. The van der Waals surface area contributed by atoms with Gasteiger partial charge in [0.1, 0.15) is 13.2 Å². The molecule has 0 bridgehead atoms. The van der Waals surface area contributed by atoms with E-state index < -0.39 is 5.41 Å². The Morgan fingerprint density at radius 2 is 2.00 bits per heavy atom. The first-order chi connectivity index (χ1) is 10.9. The van der Waals surface area contributed by atoms with Crippen molar-refractivity contribution in [3.05, 3.63) is 16.9 Å². The third-order valence-electron chi connectivity index (χ3n) is 3.43. The van der Waals surface area contributed by atoms with Gasteiger partial charge in [-0.1, -0.05) is 38.0 Å². The first-order valence-corrected chi connectivity index (χ1v) is 8.17. The van der Waals surface area contributed by atoms with Gasteiger partial charge >= 0.3 is 0 Å². The largest absolute Gasteiger partial charge is 0.486 e. The molecule has 23 heavy (non-hydrogen) atoms. The van der Waals surface area contributed by atoms with Gasteiger partial charge in [0.2, 0.25) is 0 Å². The summed E-state index contributed by atoms with van der Waals surface area (Å²) in [6, 6.07) is 3.82. The van der Waals surface area contributed by atoms with E-state index in [1.165, 1.54) is 11.3 Å². The number of hydrogen-bond donors (Lipinski definition) is 0. The van der Waals surface area contributed by atoms with Crippen LogP contribution in [0.4, 0.5) is 0 Å². The molecule has 0 saturated carbocycles. The second-order valence-electron chi connectivity index (χ2n) is 6.31. The molecule has 0 spiro atoms. The molecule has 1 amide bonds. The Labute approximate surface area is 138 Å². The number of terminal acetylenes is 1. The third-order valence-corrected chi connectivity index (χ3v) is 4.48. The Morgan fingerprint density at radius 3 is 2.61 bits per heavy atom. The number of rotatable bonds is 1. The fraction of sp³-hybridized carbons (Fsp3) is 0.412. The number of thiazole rings is 1. The van der Waals surface area contributed by atoms with Gasteiger partial charge in [-0.15, -0.1) is 6.42 Å². The lowest BCUT2D eigenvalue weighted by Gasteiger charge is -2.18. The number of benzene rings is 1. The molecular weight excluding hydrogens is 312 g/mol. The van der Waals surface area contributed by atoms with Crippen LogP contribution in [0.5, 0.6) is 11.5 Å². The molecule has 2 heterocycles. The highest BCUT2D eigenvalue weighted by atomic mass is 32.1. The maximum absolute atomic E-state index is 12.2. The Kier molecular flexibility index (Phi) is 3.90. The number of nitrogens with zero attached hydrogens (tertiary/aromatic N) is 2. The fourth-order valence-corrected chi connectivity index (χ4v) is 3.23. The van der Waals surface area contributed by atoms with Crippen molar-refractivity contribution >= 4 is 27.5 Å². The number of amides is 1. The van der Waals surface area contributed by atoms with Gasteiger partial charge in [-0.25, -0.2) is 0 Å². The summed E-state index contributed by atoms with van der Waals surface area (Å²) in [5.74, 6) is 3.86. The lowest BCUT2D eigenvalue weighted by Crippen LogP contribution is -2.23. The van der Waals surface area contributed by atoms with Gasteiger partial charge in [-0.3, -0.25) is 4.79 Å². The Balaban J connectivity index is 2.22. The first-order valence-electron chi connectivity index (χ1n) is 7.36. The fourth-order valence-electron chi connectivity index (χ4n) is 2.19. The van der Waals surface area contributed by atoms with Crippen LogP contribution in [-0.4, -0.2) is 23.7 Å². The van der Waals surface area contributed by atoms with Crippen molar-refractivity contribution in [2.45, 2.75) is 27.3 Å². The summed E-state index contributed by atoms with van der Waals surface area (Å²) in [6.45, 7) is 6.94. The van der Waals surface area contributed by atoms with Crippen LogP contribution in [0, 0.1) is 17.8 Å². The minimum absolute atomic E-state index is 0.174. The second-order valence-corrected chi connectivity index (χ2v) is 7.31. The molecule has 1 aromatic carbocycles. The van der Waals surface area contributed by atoms with Crippen LogP contribution in [0.15, 0.2) is 17.1 Å². The van der Waals surface area contributed by atoms with E-state index in [0.717, 1.165) is 10.2 Å². The predicted octanol–water partition coefficient (Wildman–Crippen LogP) is 2.58. The molecule has 1 aliphatic rings. The summed E-state index contributed by atoms with van der Waals surface area (Å²) < 4.78 is 14.1. The summed E-state index contributed by atoms with van der Waals surface area (Å²) in [7, 11) is 0. The minimum Gasteiger partial charge on any atom is -0.486 e. The highest BCUT2D eigenvalue weighted by molar-refractivity contribution is 7.16. The van der Waals surface area contributed by atoms with Gasteiger partial charge < -0.3 is 14.0 Å². The van der Waals surface area contributed by atoms with Crippen LogP contribution < -0.4 is 14.3 Å². The molecule has 2 aromatic rings. The molecule has 1 aromatic heterocycles. The predicted molar refractivity (Wildman–Crippen MR) is 89.7 cm³/mol. The molecule has 120 valence electrons. The van der Waals surface area contributed by atoms with Crippen molar-refractivity contribution in [2.24, 2.45) is 10.4 Å². The first kappa shape index (κ1) is 15.6. The molecule has 5 nitrogen and oxygen atoms in total. The van der Waals surface area contributed by atoms with Gasteiger partial charge in [-0.05, 0) is 0 Å². The van der Waals surface area contributed by atoms with E-state index >= 15 is 0 Å². The number of hydrogen-bond acceptors (Lipinski definition) is 4. The normalized spacial score (nSPS) is 14.8. The van der Waals surface area contributed by atoms with E-state index in [1.807, 2.05) is 37.5 Å². The van der Waals surface area contributed by atoms with Crippen molar-refractivity contribution in [1.82, 2.24) is 4.57 Å². The summed E-state index contributed by atoms with van der Waals surface area (Å²) in [5, 5.41) is 0. The van der Waals surface area contributed by atoms with Crippen LogP contribution in [0.3, 0.4) is 0 Å². The maximum atomic E-state index is 12.2. The SMILES string of the molecule is C#CCn1c(=NC(=O)C(C)(C)C)sc2cc3c(cc21)OCCO3. The molecule has 0 unspecified atom stereocenters. The number of carbonyl (C=O) groups excluding carboxylic acids is 1. The van der Waals surface area contributed by atoms with E-state index in [2.05, 4.69) is 10.9 Å². The number of ether oxygens (including phenoxy) is 2. The van der Waals surface area contributed by atoms with Crippen molar-refractivity contribution in [3.8, 4) is 23.8 Å². The Bertz CT molecular complexity index is 878. The zero-order valence-electron chi connectivity index (χ0n) is 13.4. The number of fused-ring (bicyclic) bond motifs is 2. The molecule has 0 aliphatic carbocycles. The van der Waals surface area contributed by atoms with Crippen molar-refractivity contribution in [3.63, 3.8) is 0 Å². The lowest BCUT2D eigenvalue weighted by atomic mass is 9.96. The van der Waals surface area contributed by atoms with Crippen LogP contribution >= 0.6 is 11.3 Å². The van der Waals surface area contributed by atoms with Gasteiger partial charge in [0.25, 0.3) is 5.91 Å². The van der Waals surface area contributed by atoms with Gasteiger partial charge in [0, 0.05) is 17.5 Å². The maximum Gasteiger partial charge on any atom is 0.253 e. The highest BCUT2D eigenvalue weighted by Gasteiger charge is 2.22. The van der Waals surface area contributed by atoms with E-state index in [9.17, 15) is 4.79 Å². The Hall–Kier alpha value is -2.26. The van der Waals surface area contributed by atoms with E-state index in [-0.39, 0.29) is 5.91 Å². The van der Waals surface area contributed by atoms with E-state index in [0.29, 0.717) is 36.1 Å². The second kappa shape index (κ2) is 5.74. The smallest absolute Gasteiger partial charge is 0.253 e. The minimum atomic E-state index is -0.532. The summed E-state index contributed by atoms with van der Waals surface area (Å²) in [4.78, 5) is 17.1. The average Bonchev–Trinajstić information content (AvgIpc) is 2.81. The molecule has 0 N–H and O–H groups in total. The summed E-state index contributed by atoms with van der Waals surface area (Å²) in [5.41, 5.74) is 0.368. The zero-order chi connectivity index (χ0) is 16.6. The summed E-state index contributed by atoms with van der Waals surface area (Å²) >= 11 is 1.43. The van der Waals surface area contributed by atoms with Gasteiger partial charge in [0.05, 0.1) is 16.8 Å². The molecule has 0 radical (unpaired) electrons. The van der Waals surface area contributed by atoms with E-state index in [1.54, 1.807) is 0 Å². The molecule has 0 saturated heterocycles. The van der Waals surface area contributed by atoms with Crippen molar-refractivity contribution in [2.75, 3.05) is 13.2 Å². The van der Waals surface area contributed by atoms with Gasteiger partial charge in [0.15, 0.2) is 16.3 Å². The van der Waals surface area contributed by atoms with Crippen LogP contribution in [-0.2, 0) is 11.3 Å². The molecule has 0 fully saturated rings. The molecular formula is C17H18N2O3S. The standard InChI is InChI=1S/C17H18N2O3S/c1-5-6-19-11-9-12-13(22-8-7-21-12)10-14(11)23-16(19)18-15(20)17(2,3)4/h1,9-10H,6-8H2,2-4H3. The average molecular weight is 330 g/mol. The topological polar surface area (TPSA) is 52.8 Å². The third kappa shape index (κ3) is 2.97.